The number of amides is 1. The molecule has 150 valence electrons. The summed E-state index contributed by atoms with van der Waals surface area (Å²) in [6.45, 7) is 3.90. The van der Waals surface area contributed by atoms with Crippen LogP contribution in [0.4, 0.5) is 5.82 Å². The number of aromatic nitrogens is 5. The number of carbonyl (C=O) groups is 1. The van der Waals surface area contributed by atoms with Crippen molar-refractivity contribution in [2.45, 2.75) is 58.5 Å². The molecule has 1 saturated carbocycles. The summed E-state index contributed by atoms with van der Waals surface area (Å²) in [7, 11) is 0. The van der Waals surface area contributed by atoms with Gasteiger partial charge < -0.3 is 9.88 Å². The lowest BCUT2D eigenvalue weighted by Gasteiger charge is -2.27. The van der Waals surface area contributed by atoms with E-state index in [9.17, 15) is 10.1 Å². The Morgan fingerprint density at radius 1 is 1.34 bits per heavy atom. The molecule has 0 aliphatic heterocycles. The fourth-order valence-electron chi connectivity index (χ4n) is 4.00. The first kappa shape index (κ1) is 19.3. The first-order valence-corrected chi connectivity index (χ1v) is 10.7. The van der Waals surface area contributed by atoms with E-state index in [0.717, 1.165) is 29.0 Å². The van der Waals surface area contributed by atoms with Crippen molar-refractivity contribution in [1.29, 1.82) is 5.26 Å². The Hall–Kier alpha value is -2.99. The lowest BCUT2D eigenvalue weighted by atomic mass is 9.95. The molecular weight excluding hydrogens is 386 g/mol. The van der Waals surface area contributed by atoms with E-state index in [0.29, 0.717) is 23.2 Å². The highest BCUT2D eigenvalue weighted by molar-refractivity contribution is 7.13. The fraction of sp³-hybridized carbons (Fsp3) is 0.450. The second-order valence-corrected chi connectivity index (χ2v) is 8.32. The van der Waals surface area contributed by atoms with Crippen LogP contribution in [0, 0.1) is 25.2 Å². The van der Waals surface area contributed by atoms with Crippen LogP contribution in [-0.2, 0) is 11.3 Å². The Balaban J connectivity index is 1.56. The zero-order valence-corrected chi connectivity index (χ0v) is 17.4. The van der Waals surface area contributed by atoms with Crippen molar-refractivity contribution in [3.05, 3.63) is 34.3 Å². The van der Waals surface area contributed by atoms with Crippen molar-refractivity contribution < 1.29 is 4.79 Å². The molecule has 0 atom stereocenters. The van der Waals surface area contributed by atoms with Gasteiger partial charge in [0, 0.05) is 11.7 Å². The molecule has 0 radical (unpaired) electrons. The Kier molecular flexibility index (Phi) is 5.45. The molecule has 3 heterocycles. The van der Waals surface area contributed by atoms with E-state index in [1.807, 2.05) is 31.4 Å². The molecule has 3 aromatic rings. The van der Waals surface area contributed by atoms with Crippen LogP contribution in [0.2, 0.25) is 0 Å². The number of thiophene rings is 1. The predicted octanol–water partition coefficient (Wildman–Crippen LogP) is 3.84. The number of anilines is 1. The molecule has 0 spiro atoms. The zero-order chi connectivity index (χ0) is 20.4. The van der Waals surface area contributed by atoms with Crippen LogP contribution in [0.5, 0.6) is 0 Å². The van der Waals surface area contributed by atoms with E-state index in [1.54, 1.807) is 0 Å². The zero-order valence-electron chi connectivity index (χ0n) is 16.6. The van der Waals surface area contributed by atoms with Gasteiger partial charge in [-0.2, -0.15) is 10.1 Å². The van der Waals surface area contributed by atoms with Crippen molar-refractivity contribution >= 4 is 23.1 Å². The molecule has 1 aliphatic carbocycles. The predicted molar refractivity (Wildman–Crippen MR) is 111 cm³/mol. The second kappa shape index (κ2) is 8.17. The number of nitriles is 1. The Labute approximate surface area is 173 Å². The maximum atomic E-state index is 12.7. The van der Waals surface area contributed by atoms with Crippen LogP contribution in [0.25, 0.3) is 10.7 Å². The van der Waals surface area contributed by atoms with E-state index in [1.165, 1.54) is 35.4 Å². The van der Waals surface area contributed by atoms with Gasteiger partial charge in [-0.15, -0.1) is 21.5 Å². The standard InChI is InChI=1S/C20H23N7OS/c1-13-14(2)27(15-7-4-3-5-8-15)20(16(13)11-21)22-18(28)12-26-24-19(23-25-26)17-9-6-10-29-17/h6,9-10,15H,3-5,7-8,12H2,1-2H3,(H,22,28). The normalized spacial score (nSPS) is 14.7. The van der Waals surface area contributed by atoms with Crippen LogP contribution >= 0.6 is 11.3 Å². The molecular formula is C20H23N7OS. The van der Waals surface area contributed by atoms with Gasteiger partial charge in [-0.1, -0.05) is 25.3 Å². The Morgan fingerprint density at radius 2 is 2.14 bits per heavy atom. The van der Waals surface area contributed by atoms with Gasteiger partial charge in [0.25, 0.3) is 0 Å². The minimum Gasteiger partial charge on any atom is -0.327 e. The molecule has 1 amide bonds. The van der Waals surface area contributed by atoms with Gasteiger partial charge in [-0.25, -0.2) is 0 Å². The highest BCUT2D eigenvalue weighted by Crippen LogP contribution is 2.36. The number of carbonyl (C=O) groups excluding carboxylic acids is 1. The molecule has 0 saturated heterocycles. The highest BCUT2D eigenvalue weighted by atomic mass is 32.1. The molecule has 9 heteroatoms. The molecule has 8 nitrogen and oxygen atoms in total. The quantitative estimate of drug-likeness (QED) is 0.690. The molecule has 1 N–H and O–H groups in total. The van der Waals surface area contributed by atoms with Gasteiger partial charge in [0.1, 0.15) is 18.4 Å². The van der Waals surface area contributed by atoms with Crippen molar-refractivity contribution in [2.75, 3.05) is 5.32 Å². The largest absolute Gasteiger partial charge is 0.327 e. The van der Waals surface area contributed by atoms with Crippen LogP contribution < -0.4 is 5.32 Å². The first-order chi connectivity index (χ1) is 14.1. The van der Waals surface area contributed by atoms with E-state index in [4.69, 9.17) is 0 Å². The lowest BCUT2D eigenvalue weighted by Crippen LogP contribution is -2.24. The SMILES string of the molecule is Cc1c(C#N)c(NC(=O)Cn2nnc(-c3cccs3)n2)n(C2CCCCC2)c1C. The Morgan fingerprint density at radius 3 is 2.83 bits per heavy atom. The maximum absolute atomic E-state index is 12.7. The van der Waals surface area contributed by atoms with Crippen molar-refractivity contribution in [3.8, 4) is 16.8 Å². The van der Waals surface area contributed by atoms with Crippen molar-refractivity contribution in [2.24, 2.45) is 0 Å². The number of tetrazole rings is 1. The maximum Gasteiger partial charge on any atom is 0.249 e. The summed E-state index contributed by atoms with van der Waals surface area (Å²) < 4.78 is 2.15. The number of hydrogen-bond donors (Lipinski definition) is 1. The van der Waals surface area contributed by atoms with Gasteiger partial charge in [0.2, 0.25) is 11.7 Å². The van der Waals surface area contributed by atoms with Gasteiger partial charge in [-0.05, 0) is 48.9 Å². The molecule has 4 rings (SSSR count). The monoisotopic (exact) mass is 409 g/mol. The molecule has 29 heavy (non-hydrogen) atoms. The molecule has 0 unspecified atom stereocenters. The van der Waals surface area contributed by atoms with Crippen LogP contribution in [0.1, 0.15) is 55.0 Å². The van der Waals surface area contributed by atoms with E-state index in [2.05, 4.69) is 31.4 Å². The molecule has 1 fully saturated rings. The third-order valence-corrected chi connectivity index (χ3v) is 6.41. The van der Waals surface area contributed by atoms with Gasteiger partial charge in [0.05, 0.1) is 10.4 Å². The summed E-state index contributed by atoms with van der Waals surface area (Å²) in [5, 5.41) is 26.9. The minimum absolute atomic E-state index is 0.0583. The van der Waals surface area contributed by atoms with Crippen molar-refractivity contribution in [1.82, 2.24) is 24.8 Å². The summed E-state index contributed by atoms with van der Waals surface area (Å²) in [4.78, 5) is 14.9. The number of rotatable bonds is 5. The second-order valence-electron chi connectivity index (χ2n) is 7.38. The van der Waals surface area contributed by atoms with Crippen LogP contribution in [-0.4, -0.2) is 30.7 Å². The molecule has 0 aromatic carbocycles. The average Bonchev–Trinajstić information content (AvgIpc) is 3.44. The van der Waals surface area contributed by atoms with E-state index >= 15 is 0 Å². The van der Waals surface area contributed by atoms with Crippen LogP contribution in [0.15, 0.2) is 17.5 Å². The smallest absolute Gasteiger partial charge is 0.249 e. The summed E-state index contributed by atoms with van der Waals surface area (Å²) in [5.41, 5.74) is 2.50. The highest BCUT2D eigenvalue weighted by Gasteiger charge is 2.26. The average molecular weight is 410 g/mol. The third-order valence-electron chi connectivity index (χ3n) is 5.55. The summed E-state index contributed by atoms with van der Waals surface area (Å²) >= 11 is 1.52. The summed E-state index contributed by atoms with van der Waals surface area (Å²) in [6, 6.07) is 6.41. The van der Waals surface area contributed by atoms with Crippen molar-refractivity contribution in [3.63, 3.8) is 0 Å². The minimum atomic E-state index is -0.272. The third kappa shape index (κ3) is 3.80. The molecule has 0 bridgehead atoms. The van der Waals surface area contributed by atoms with Gasteiger partial charge in [0.15, 0.2) is 0 Å². The molecule has 3 aromatic heterocycles. The van der Waals surface area contributed by atoms with Crippen LogP contribution in [0.3, 0.4) is 0 Å². The number of nitrogens with zero attached hydrogens (tertiary/aromatic N) is 6. The first-order valence-electron chi connectivity index (χ1n) is 9.81. The van der Waals surface area contributed by atoms with Gasteiger partial charge in [-0.3, -0.25) is 4.79 Å². The fourth-order valence-corrected chi connectivity index (χ4v) is 4.65. The summed E-state index contributed by atoms with van der Waals surface area (Å²) in [6.07, 6.45) is 5.72. The Bertz CT molecular complexity index is 1050. The lowest BCUT2D eigenvalue weighted by molar-refractivity contribution is -0.117. The number of nitrogens with one attached hydrogen (secondary N) is 1. The van der Waals surface area contributed by atoms with E-state index in [-0.39, 0.29) is 12.5 Å². The topological polar surface area (TPSA) is 101 Å². The summed E-state index contributed by atoms with van der Waals surface area (Å²) in [5.74, 6) is 0.826. The molecule has 1 aliphatic rings. The van der Waals surface area contributed by atoms with Gasteiger partial charge >= 0.3 is 0 Å². The van der Waals surface area contributed by atoms with E-state index < -0.39 is 0 Å². The number of hydrogen-bond acceptors (Lipinski definition) is 6.